The maximum Gasteiger partial charge on any atom is 0.224 e. The lowest BCUT2D eigenvalue weighted by molar-refractivity contribution is -0.124. The molecule has 1 amide bonds. The van der Waals surface area contributed by atoms with Crippen molar-refractivity contribution in [1.29, 1.82) is 0 Å². The number of hydrogen-bond acceptors (Lipinski definition) is 5. The van der Waals surface area contributed by atoms with Crippen LogP contribution in [-0.2, 0) is 4.79 Å². The molecule has 6 heteroatoms. The number of carbonyl (C=O) groups excluding carboxylic acids is 1. The first-order valence-corrected chi connectivity index (χ1v) is 7.54. The highest BCUT2D eigenvalue weighted by molar-refractivity contribution is 5.79. The molecule has 1 unspecified atom stereocenters. The van der Waals surface area contributed by atoms with Crippen molar-refractivity contribution >= 4 is 17.5 Å². The van der Waals surface area contributed by atoms with E-state index in [-0.39, 0.29) is 17.7 Å². The molecule has 6 nitrogen and oxygen atoms in total. The Kier molecular flexibility index (Phi) is 4.65. The number of anilines is 2. The molecule has 21 heavy (non-hydrogen) atoms. The minimum absolute atomic E-state index is 0.0156. The molecule has 0 saturated carbocycles. The van der Waals surface area contributed by atoms with Gasteiger partial charge in [-0.15, -0.1) is 0 Å². The normalized spacial score (nSPS) is 18.9. The molecule has 0 radical (unpaired) electrons. The second-order valence-electron chi connectivity index (χ2n) is 5.97. The highest BCUT2D eigenvalue weighted by Crippen LogP contribution is 2.28. The van der Waals surface area contributed by atoms with Crippen LogP contribution in [0.5, 0.6) is 0 Å². The average Bonchev–Trinajstić information content (AvgIpc) is 2.48. The van der Waals surface area contributed by atoms with Gasteiger partial charge in [-0.1, -0.05) is 13.8 Å². The molecular weight excluding hydrogens is 266 g/mol. The molecule has 0 aromatic carbocycles. The van der Waals surface area contributed by atoms with E-state index in [1.807, 2.05) is 6.92 Å². The highest BCUT2D eigenvalue weighted by Gasteiger charge is 2.27. The summed E-state index contributed by atoms with van der Waals surface area (Å²) in [4.78, 5) is 23.1. The van der Waals surface area contributed by atoms with Gasteiger partial charge in [0.2, 0.25) is 5.91 Å². The number of aromatic nitrogens is 2. The van der Waals surface area contributed by atoms with Crippen LogP contribution in [0.4, 0.5) is 11.6 Å². The summed E-state index contributed by atoms with van der Waals surface area (Å²) in [5, 5.41) is 2.74. The first kappa shape index (κ1) is 15.5. The molecule has 1 aliphatic heterocycles. The third-order valence-corrected chi connectivity index (χ3v) is 4.03. The summed E-state index contributed by atoms with van der Waals surface area (Å²) in [6.07, 6.45) is 1.91. The molecule has 1 aliphatic rings. The van der Waals surface area contributed by atoms with Crippen molar-refractivity contribution in [2.75, 3.05) is 30.8 Å². The van der Waals surface area contributed by atoms with Gasteiger partial charge in [0.1, 0.15) is 17.5 Å². The van der Waals surface area contributed by atoms with Gasteiger partial charge < -0.3 is 16.0 Å². The van der Waals surface area contributed by atoms with Gasteiger partial charge in [0.05, 0.1) is 5.92 Å². The monoisotopic (exact) mass is 291 g/mol. The molecule has 0 bridgehead atoms. The second kappa shape index (κ2) is 6.28. The van der Waals surface area contributed by atoms with Crippen molar-refractivity contribution in [3.63, 3.8) is 0 Å². The van der Waals surface area contributed by atoms with Crippen molar-refractivity contribution in [2.24, 2.45) is 5.92 Å². The van der Waals surface area contributed by atoms with E-state index in [0.29, 0.717) is 12.4 Å². The van der Waals surface area contributed by atoms with Gasteiger partial charge in [-0.05, 0) is 19.8 Å². The molecule has 1 aromatic heterocycles. The Morgan fingerprint density at radius 3 is 2.76 bits per heavy atom. The summed E-state index contributed by atoms with van der Waals surface area (Å²) in [6.45, 7) is 7.64. The van der Waals surface area contributed by atoms with Gasteiger partial charge in [0.15, 0.2) is 0 Å². The van der Waals surface area contributed by atoms with Crippen LogP contribution in [0.15, 0.2) is 0 Å². The average molecular weight is 291 g/mol. The van der Waals surface area contributed by atoms with Gasteiger partial charge >= 0.3 is 0 Å². The standard InChI is InChI=1S/C15H25N5O/c1-9(2)13-18-12(16)10(3)14(19-13)20-7-5-6-11(8-20)15(21)17-4/h9,11H,5-8H2,1-4H3,(H,17,21)(H2,16,18,19). The van der Waals surface area contributed by atoms with Crippen molar-refractivity contribution < 1.29 is 4.79 Å². The molecule has 2 rings (SSSR count). The number of rotatable bonds is 3. The van der Waals surface area contributed by atoms with Gasteiger partial charge in [0, 0.05) is 31.6 Å². The summed E-state index contributed by atoms with van der Waals surface area (Å²) in [5.74, 6) is 2.51. The number of piperidine rings is 1. The first-order valence-electron chi connectivity index (χ1n) is 7.54. The predicted octanol–water partition coefficient (Wildman–Crippen LogP) is 1.45. The molecule has 116 valence electrons. The Balaban J connectivity index is 2.30. The van der Waals surface area contributed by atoms with Crippen LogP contribution in [0.1, 0.15) is 44.0 Å². The van der Waals surface area contributed by atoms with E-state index < -0.39 is 0 Å². The lowest BCUT2D eigenvalue weighted by Gasteiger charge is -2.34. The third-order valence-electron chi connectivity index (χ3n) is 4.03. The summed E-state index contributed by atoms with van der Waals surface area (Å²) >= 11 is 0. The SMILES string of the molecule is CNC(=O)C1CCCN(c2nc(C(C)C)nc(N)c2C)C1. The second-order valence-corrected chi connectivity index (χ2v) is 5.97. The van der Waals surface area contributed by atoms with E-state index in [2.05, 4.69) is 34.0 Å². The maximum atomic E-state index is 11.9. The smallest absolute Gasteiger partial charge is 0.224 e. The summed E-state index contributed by atoms with van der Waals surface area (Å²) in [7, 11) is 1.69. The Morgan fingerprint density at radius 1 is 1.43 bits per heavy atom. The quantitative estimate of drug-likeness (QED) is 0.880. The third kappa shape index (κ3) is 3.25. The summed E-state index contributed by atoms with van der Waals surface area (Å²) in [6, 6.07) is 0. The Bertz CT molecular complexity index is 529. The maximum absolute atomic E-state index is 11.9. The number of amides is 1. The van der Waals surface area contributed by atoms with Crippen LogP contribution >= 0.6 is 0 Å². The van der Waals surface area contributed by atoms with Crippen molar-refractivity contribution in [3.8, 4) is 0 Å². The van der Waals surface area contributed by atoms with E-state index in [4.69, 9.17) is 5.73 Å². The molecule has 1 fully saturated rings. The van der Waals surface area contributed by atoms with Gasteiger partial charge in [-0.3, -0.25) is 4.79 Å². The van der Waals surface area contributed by atoms with Crippen molar-refractivity contribution in [2.45, 2.75) is 39.5 Å². The number of hydrogen-bond donors (Lipinski definition) is 2. The van der Waals surface area contributed by atoms with E-state index in [1.165, 1.54) is 0 Å². The summed E-state index contributed by atoms with van der Waals surface area (Å²) < 4.78 is 0. The Hall–Kier alpha value is -1.85. The first-order chi connectivity index (χ1) is 9.93. The minimum Gasteiger partial charge on any atom is -0.383 e. The van der Waals surface area contributed by atoms with E-state index in [0.717, 1.165) is 36.6 Å². The van der Waals surface area contributed by atoms with Gasteiger partial charge in [-0.25, -0.2) is 9.97 Å². The molecule has 1 atom stereocenters. The fraction of sp³-hybridized carbons (Fsp3) is 0.667. The minimum atomic E-state index is 0.0156. The fourth-order valence-corrected chi connectivity index (χ4v) is 2.69. The number of nitrogen functional groups attached to an aromatic ring is 1. The molecule has 0 aliphatic carbocycles. The molecule has 1 saturated heterocycles. The molecule has 1 aromatic rings. The number of nitrogens with one attached hydrogen (secondary N) is 1. The van der Waals surface area contributed by atoms with Crippen LogP contribution in [0.3, 0.4) is 0 Å². The Labute approximate surface area is 126 Å². The lowest BCUT2D eigenvalue weighted by atomic mass is 9.97. The van der Waals surface area contributed by atoms with E-state index >= 15 is 0 Å². The molecular formula is C15H25N5O. The van der Waals surface area contributed by atoms with Crippen LogP contribution in [0.2, 0.25) is 0 Å². The van der Waals surface area contributed by atoms with E-state index in [1.54, 1.807) is 7.05 Å². The number of carbonyl (C=O) groups is 1. The van der Waals surface area contributed by atoms with Crippen LogP contribution in [-0.4, -0.2) is 36.0 Å². The van der Waals surface area contributed by atoms with Gasteiger partial charge in [0.25, 0.3) is 0 Å². The van der Waals surface area contributed by atoms with Crippen molar-refractivity contribution in [3.05, 3.63) is 11.4 Å². The Morgan fingerprint density at radius 2 is 2.14 bits per heavy atom. The van der Waals surface area contributed by atoms with Crippen molar-refractivity contribution in [1.82, 2.24) is 15.3 Å². The summed E-state index contributed by atoms with van der Waals surface area (Å²) in [5.41, 5.74) is 6.93. The number of nitrogens with zero attached hydrogens (tertiary/aromatic N) is 3. The van der Waals surface area contributed by atoms with Crippen LogP contribution in [0.25, 0.3) is 0 Å². The molecule has 0 spiro atoms. The largest absolute Gasteiger partial charge is 0.383 e. The fourth-order valence-electron chi connectivity index (χ4n) is 2.69. The number of nitrogens with two attached hydrogens (primary N) is 1. The van der Waals surface area contributed by atoms with Crippen LogP contribution < -0.4 is 16.0 Å². The van der Waals surface area contributed by atoms with Gasteiger partial charge in [-0.2, -0.15) is 0 Å². The zero-order chi connectivity index (χ0) is 15.6. The zero-order valence-electron chi connectivity index (χ0n) is 13.3. The topological polar surface area (TPSA) is 84.1 Å². The predicted molar refractivity (Wildman–Crippen MR) is 84.3 cm³/mol. The van der Waals surface area contributed by atoms with E-state index in [9.17, 15) is 4.79 Å². The zero-order valence-corrected chi connectivity index (χ0v) is 13.3. The van der Waals surface area contributed by atoms with Crippen LogP contribution in [0, 0.1) is 12.8 Å². The molecule has 2 heterocycles. The lowest BCUT2D eigenvalue weighted by Crippen LogP contribution is -2.43. The highest BCUT2D eigenvalue weighted by atomic mass is 16.1. The molecule has 3 N–H and O–H groups in total.